The van der Waals surface area contributed by atoms with Gasteiger partial charge in [0.25, 0.3) is 0 Å². The molecular formula is C13H19NO3S. The maximum absolute atomic E-state index is 11.6. The van der Waals surface area contributed by atoms with E-state index in [1.54, 1.807) is 6.07 Å². The minimum atomic E-state index is -2.96. The van der Waals surface area contributed by atoms with Crippen LogP contribution < -0.4 is 5.73 Å². The molecule has 1 rings (SSSR count). The molecule has 0 saturated carbocycles. The molecule has 0 aliphatic heterocycles. The number of hydrogen-bond donors (Lipinski definition) is 1. The summed E-state index contributed by atoms with van der Waals surface area (Å²) in [7, 11) is -2.96. The first-order valence-corrected chi connectivity index (χ1v) is 7.97. The van der Waals surface area contributed by atoms with Gasteiger partial charge in [0, 0.05) is 24.8 Å². The molecule has 1 aromatic rings. The molecule has 0 aromatic heterocycles. The van der Waals surface area contributed by atoms with Crippen molar-refractivity contribution in [3.05, 3.63) is 29.8 Å². The van der Waals surface area contributed by atoms with Gasteiger partial charge in [0.1, 0.15) is 15.6 Å². The molecule has 0 saturated heterocycles. The molecule has 0 unspecified atom stereocenters. The van der Waals surface area contributed by atoms with Crippen molar-refractivity contribution >= 4 is 21.3 Å². The molecule has 100 valence electrons. The lowest BCUT2D eigenvalue weighted by atomic mass is 10.1. The summed E-state index contributed by atoms with van der Waals surface area (Å²) in [4.78, 5) is 11.6. The van der Waals surface area contributed by atoms with Crippen molar-refractivity contribution in [3.8, 4) is 0 Å². The van der Waals surface area contributed by atoms with E-state index in [1.165, 1.54) is 6.26 Å². The molecule has 0 aliphatic carbocycles. The number of nitrogen functional groups attached to an aromatic ring is 1. The molecule has 0 heterocycles. The summed E-state index contributed by atoms with van der Waals surface area (Å²) in [5.74, 6) is 0.179. The highest BCUT2D eigenvalue weighted by Crippen LogP contribution is 2.10. The molecule has 0 fully saturated rings. The van der Waals surface area contributed by atoms with E-state index in [-0.39, 0.29) is 11.5 Å². The van der Waals surface area contributed by atoms with Gasteiger partial charge in [-0.25, -0.2) is 8.42 Å². The zero-order valence-corrected chi connectivity index (χ0v) is 11.4. The predicted octanol–water partition coefficient (Wildman–Crippen LogP) is 1.60. The number of hydrogen-bond acceptors (Lipinski definition) is 4. The molecular weight excluding hydrogens is 250 g/mol. The van der Waals surface area contributed by atoms with Crippen LogP contribution in [0.2, 0.25) is 0 Å². The van der Waals surface area contributed by atoms with Gasteiger partial charge in [0.15, 0.2) is 0 Å². The van der Waals surface area contributed by atoms with Crippen molar-refractivity contribution in [2.45, 2.75) is 25.7 Å². The Bertz CT molecular complexity index is 509. The minimum Gasteiger partial charge on any atom is -0.399 e. The van der Waals surface area contributed by atoms with Crippen LogP contribution in [0.4, 0.5) is 5.69 Å². The Hall–Kier alpha value is -1.36. The number of rotatable bonds is 7. The Balaban J connectivity index is 2.29. The Morgan fingerprint density at radius 3 is 2.61 bits per heavy atom. The molecule has 2 N–H and O–H groups in total. The zero-order chi connectivity index (χ0) is 13.6. The van der Waals surface area contributed by atoms with E-state index >= 15 is 0 Å². The molecule has 0 spiro atoms. The molecule has 0 aliphatic rings. The lowest BCUT2D eigenvalue weighted by Gasteiger charge is -2.02. The van der Waals surface area contributed by atoms with Crippen LogP contribution in [-0.2, 0) is 21.1 Å². The maximum atomic E-state index is 11.6. The van der Waals surface area contributed by atoms with Crippen molar-refractivity contribution in [2.75, 3.05) is 17.7 Å². The molecule has 0 radical (unpaired) electrons. The van der Waals surface area contributed by atoms with E-state index in [1.807, 2.05) is 18.2 Å². The Labute approximate surface area is 108 Å². The van der Waals surface area contributed by atoms with Gasteiger partial charge >= 0.3 is 0 Å². The molecule has 0 amide bonds. The molecule has 18 heavy (non-hydrogen) atoms. The van der Waals surface area contributed by atoms with Crippen molar-refractivity contribution in [1.29, 1.82) is 0 Å². The lowest BCUT2D eigenvalue weighted by molar-refractivity contribution is -0.119. The van der Waals surface area contributed by atoms with Gasteiger partial charge in [-0.05, 0) is 30.5 Å². The first-order chi connectivity index (χ1) is 8.37. The summed E-state index contributed by atoms with van der Waals surface area (Å²) in [6, 6.07) is 7.44. The monoisotopic (exact) mass is 269 g/mol. The van der Waals surface area contributed by atoms with Gasteiger partial charge in [-0.15, -0.1) is 0 Å². The lowest BCUT2D eigenvalue weighted by Crippen LogP contribution is -2.07. The maximum Gasteiger partial charge on any atom is 0.147 e. The minimum absolute atomic E-state index is 0.0804. The third-order valence-corrected chi connectivity index (χ3v) is 3.64. The summed E-state index contributed by atoms with van der Waals surface area (Å²) >= 11 is 0. The highest BCUT2D eigenvalue weighted by atomic mass is 32.2. The zero-order valence-electron chi connectivity index (χ0n) is 10.6. The van der Waals surface area contributed by atoms with Crippen LogP contribution in [0.3, 0.4) is 0 Å². The quantitative estimate of drug-likeness (QED) is 0.763. The summed E-state index contributed by atoms with van der Waals surface area (Å²) in [6.45, 7) is 0. The summed E-state index contributed by atoms with van der Waals surface area (Å²) < 4.78 is 21.8. The van der Waals surface area contributed by atoms with Gasteiger partial charge in [-0.1, -0.05) is 12.1 Å². The SMILES string of the molecule is CS(=O)(=O)CCCC(=O)CCc1cccc(N)c1. The van der Waals surface area contributed by atoms with Crippen LogP contribution in [0.5, 0.6) is 0 Å². The smallest absolute Gasteiger partial charge is 0.147 e. The standard InChI is InChI=1S/C13H19NO3S/c1-18(16,17)9-3-6-13(15)8-7-11-4-2-5-12(14)10-11/h2,4-5,10H,3,6-9,14H2,1H3. The van der Waals surface area contributed by atoms with E-state index in [4.69, 9.17) is 5.73 Å². The van der Waals surface area contributed by atoms with E-state index in [0.29, 0.717) is 31.4 Å². The average molecular weight is 269 g/mol. The number of sulfone groups is 1. The highest BCUT2D eigenvalue weighted by molar-refractivity contribution is 7.90. The first-order valence-electron chi connectivity index (χ1n) is 5.91. The average Bonchev–Trinajstić information content (AvgIpc) is 2.25. The number of nitrogens with two attached hydrogens (primary N) is 1. The fourth-order valence-electron chi connectivity index (χ4n) is 1.69. The largest absolute Gasteiger partial charge is 0.399 e. The second-order valence-electron chi connectivity index (χ2n) is 4.52. The number of aryl methyl sites for hydroxylation is 1. The summed E-state index contributed by atoms with van der Waals surface area (Å²) in [5, 5.41) is 0. The third kappa shape index (κ3) is 6.39. The number of anilines is 1. The van der Waals surface area contributed by atoms with E-state index < -0.39 is 9.84 Å². The van der Waals surface area contributed by atoms with E-state index in [9.17, 15) is 13.2 Å². The molecule has 4 nitrogen and oxygen atoms in total. The number of ketones is 1. The number of Topliss-reactive ketones (excluding diaryl/α,β-unsaturated/α-hetero) is 1. The number of carbonyl (C=O) groups is 1. The van der Waals surface area contributed by atoms with E-state index in [0.717, 1.165) is 5.56 Å². The van der Waals surface area contributed by atoms with Crippen LogP contribution in [-0.4, -0.2) is 26.2 Å². The fourth-order valence-corrected chi connectivity index (χ4v) is 2.36. The van der Waals surface area contributed by atoms with Crippen molar-refractivity contribution < 1.29 is 13.2 Å². The Kier molecular flexibility index (Phi) is 5.34. The number of benzene rings is 1. The van der Waals surface area contributed by atoms with Crippen LogP contribution in [0.1, 0.15) is 24.8 Å². The van der Waals surface area contributed by atoms with Gasteiger partial charge in [-0.2, -0.15) is 0 Å². The number of carbonyl (C=O) groups excluding carboxylic acids is 1. The van der Waals surface area contributed by atoms with Crippen LogP contribution in [0, 0.1) is 0 Å². The van der Waals surface area contributed by atoms with Gasteiger partial charge < -0.3 is 5.73 Å². The first kappa shape index (κ1) is 14.7. The highest BCUT2D eigenvalue weighted by Gasteiger charge is 2.06. The van der Waals surface area contributed by atoms with Crippen molar-refractivity contribution in [3.63, 3.8) is 0 Å². The normalized spacial score (nSPS) is 11.4. The van der Waals surface area contributed by atoms with Gasteiger partial charge in [-0.3, -0.25) is 4.79 Å². The molecule has 0 atom stereocenters. The van der Waals surface area contributed by atoms with Crippen LogP contribution in [0.25, 0.3) is 0 Å². The molecule has 0 bridgehead atoms. The van der Waals surface area contributed by atoms with Crippen molar-refractivity contribution in [2.24, 2.45) is 0 Å². The second-order valence-corrected chi connectivity index (χ2v) is 6.78. The topological polar surface area (TPSA) is 77.2 Å². The third-order valence-electron chi connectivity index (χ3n) is 2.61. The van der Waals surface area contributed by atoms with Gasteiger partial charge in [0.2, 0.25) is 0 Å². The van der Waals surface area contributed by atoms with E-state index in [2.05, 4.69) is 0 Å². The van der Waals surface area contributed by atoms with Gasteiger partial charge in [0.05, 0.1) is 5.75 Å². The Morgan fingerprint density at radius 2 is 2.00 bits per heavy atom. The van der Waals surface area contributed by atoms with Crippen LogP contribution in [0.15, 0.2) is 24.3 Å². The molecule has 5 heteroatoms. The summed E-state index contributed by atoms with van der Waals surface area (Å²) in [5.41, 5.74) is 7.37. The summed E-state index contributed by atoms with van der Waals surface area (Å²) in [6.07, 6.45) is 3.02. The fraction of sp³-hybridized carbons (Fsp3) is 0.462. The van der Waals surface area contributed by atoms with Crippen molar-refractivity contribution in [1.82, 2.24) is 0 Å². The van der Waals surface area contributed by atoms with Crippen LogP contribution >= 0.6 is 0 Å². The second kappa shape index (κ2) is 6.54. The predicted molar refractivity (Wildman–Crippen MR) is 73.1 cm³/mol. The molecule has 1 aromatic carbocycles. The Morgan fingerprint density at radius 1 is 1.28 bits per heavy atom.